The number of aromatic nitrogens is 3. The van der Waals surface area contributed by atoms with Crippen molar-refractivity contribution in [2.24, 2.45) is 5.73 Å². The number of fused-ring (bicyclic) bond motifs is 3. The van der Waals surface area contributed by atoms with E-state index < -0.39 is 11.9 Å². The highest BCUT2D eigenvalue weighted by molar-refractivity contribution is 7.15. The Morgan fingerprint density at radius 1 is 1.23 bits per heavy atom. The number of primary amides is 1. The molecule has 0 spiro atoms. The number of anilines is 1. The molecule has 2 aromatic heterocycles. The second kappa shape index (κ2) is 8.29. The molecule has 4 rings (SSSR count). The highest BCUT2D eigenvalue weighted by Gasteiger charge is 2.38. The molecule has 1 saturated heterocycles. The smallest absolute Gasteiger partial charge is 0.240 e. The van der Waals surface area contributed by atoms with Gasteiger partial charge in [-0.1, -0.05) is 0 Å². The van der Waals surface area contributed by atoms with Crippen LogP contribution in [0, 0.1) is 0 Å². The molecule has 2 aliphatic rings. The maximum absolute atomic E-state index is 13.0. The Bertz CT molecular complexity index is 970. The van der Waals surface area contributed by atoms with E-state index in [2.05, 4.69) is 23.7 Å². The average Bonchev–Trinajstić information content (AvgIpc) is 3.32. The van der Waals surface area contributed by atoms with E-state index in [1.165, 1.54) is 11.3 Å². The van der Waals surface area contributed by atoms with Gasteiger partial charge in [0.25, 0.3) is 0 Å². The largest absolute Gasteiger partial charge is 0.368 e. The number of amides is 2. The van der Waals surface area contributed by atoms with E-state index in [0.717, 1.165) is 65.1 Å². The Labute approximate surface area is 180 Å². The molecule has 9 heteroatoms. The van der Waals surface area contributed by atoms with Crippen molar-refractivity contribution >= 4 is 29.1 Å². The van der Waals surface area contributed by atoms with Crippen molar-refractivity contribution in [2.75, 3.05) is 18.0 Å². The van der Waals surface area contributed by atoms with E-state index >= 15 is 0 Å². The third-order valence-corrected chi connectivity index (χ3v) is 7.18. The minimum Gasteiger partial charge on any atom is -0.368 e. The van der Waals surface area contributed by atoms with Gasteiger partial charge in [0, 0.05) is 25.3 Å². The summed E-state index contributed by atoms with van der Waals surface area (Å²) in [7, 11) is 0. The number of likely N-dealkylation sites (tertiary alicyclic amines) is 1. The molecule has 1 aliphatic carbocycles. The Morgan fingerprint density at radius 3 is 2.70 bits per heavy atom. The van der Waals surface area contributed by atoms with Crippen LogP contribution in [0.4, 0.5) is 5.95 Å². The first kappa shape index (κ1) is 20.7. The number of nitrogens with zero attached hydrogens (tertiary/aromatic N) is 5. The predicted octanol–water partition coefficient (Wildman–Crippen LogP) is 1.95. The van der Waals surface area contributed by atoms with Gasteiger partial charge < -0.3 is 15.5 Å². The summed E-state index contributed by atoms with van der Waals surface area (Å²) in [5, 5.41) is 0.767. The number of thiazole rings is 1. The molecule has 2 N–H and O–H groups in total. The lowest BCUT2D eigenvalue weighted by Crippen LogP contribution is -2.47. The maximum Gasteiger partial charge on any atom is 0.240 e. The summed E-state index contributed by atoms with van der Waals surface area (Å²) in [6.07, 6.45) is 5.22. The van der Waals surface area contributed by atoms with Gasteiger partial charge in [-0.15, -0.1) is 11.3 Å². The van der Waals surface area contributed by atoms with Crippen LogP contribution in [0.5, 0.6) is 0 Å². The zero-order valence-corrected chi connectivity index (χ0v) is 18.5. The Balaban J connectivity index is 1.60. The molecule has 8 nitrogen and oxygen atoms in total. The summed E-state index contributed by atoms with van der Waals surface area (Å²) in [6.45, 7) is 7.84. The van der Waals surface area contributed by atoms with Crippen LogP contribution in [0.15, 0.2) is 6.20 Å². The quantitative estimate of drug-likeness (QED) is 0.754. The van der Waals surface area contributed by atoms with Crippen LogP contribution in [0.25, 0.3) is 10.6 Å². The second-order valence-electron chi connectivity index (χ2n) is 7.92. The van der Waals surface area contributed by atoms with E-state index in [0.29, 0.717) is 6.42 Å². The number of nitrogens with two attached hydrogens (primary N) is 1. The third-order valence-electron chi connectivity index (χ3n) is 6.07. The normalized spacial score (nSPS) is 20.0. The fraction of sp³-hybridized carbons (Fsp3) is 0.571. The first-order valence-corrected chi connectivity index (χ1v) is 11.4. The lowest BCUT2D eigenvalue weighted by Gasteiger charge is -2.26. The summed E-state index contributed by atoms with van der Waals surface area (Å²) < 4.78 is 0. The molecule has 2 amide bonds. The molecule has 2 unspecified atom stereocenters. The van der Waals surface area contributed by atoms with Crippen LogP contribution in [-0.4, -0.2) is 56.8 Å². The topological polar surface area (TPSA) is 105 Å². The summed E-state index contributed by atoms with van der Waals surface area (Å²) in [4.78, 5) is 43.7. The van der Waals surface area contributed by atoms with E-state index in [4.69, 9.17) is 15.7 Å². The van der Waals surface area contributed by atoms with Crippen LogP contribution >= 0.6 is 11.3 Å². The zero-order valence-electron chi connectivity index (χ0n) is 17.7. The molecule has 30 heavy (non-hydrogen) atoms. The third kappa shape index (κ3) is 3.66. The van der Waals surface area contributed by atoms with Crippen LogP contribution in [0.2, 0.25) is 0 Å². The van der Waals surface area contributed by atoms with Crippen LogP contribution in [-0.2, 0) is 28.9 Å². The molecule has 0 bridgehead atoms. The van der Waals surface area contributed by atoms with Crippen molar-refractivity contribution in [2.45, 2.75) is 65.0 Å². The molecule has 0 saturated carbocycles. The minimum atomic E-state index is -0.507. The molecule has 1 fully saturated rings. The zero-order chi connectivity index (χ0) is 21.4. The standard InChI is InChI=1S/C21H28N6O2S/c1-4-26(5-2)21-23-11-13-7-8-14-19(18(13)25-21)30-16(24-14)10-17(28)27-12(3)6-9-15(27)20(22)29/h11-12,15H,4-10H2,1-3H3,(H2,22,29). The Kier molecular flexibility index (Phi) is 5.73. The molecular formula is C21H28N6O2S. The van der Waals surface area contributed by atoms with E-state index in [1.54, 1.807) is 4.90 Å². The number of carbonyl (C=O) groups is 2. The molecule has 2 atom stereocenters. The van der Waals surface area contributed by atoms with Crippen molar-refractivity contribution in [3.05, 3.63) is 22.5 Å². The van der Waals surface area contributed by atoms with Gasteiger partial charge in [0.1, 0.15) is 11.0 Å². The van der Waals surface area contributed by atoms with Crippen molar-refractivity contribution in [3.63, 3.8) is 0 Å². The highest BCUT2D eigenvalue weighted by Crippen LogP contribution is 2.37. The summed E-state index contributed by atoms with van der Waals surface area (Å²) in [6, 6.07) is -0.484. The lowest BCUT2D eigenvalue weighted by molar-refractivity contribution is -0.138. The molecule has 1 aliphatic heterocycles. The average molecular weight is 429 g/mol. The fourth-order valence-corrected chi connectivity index (χ4v) is 5.55. The second-order valence-corrected chi connectivity index (χ2v) is 9.01. The fourth-order valence-electron chi connectivity index (χ4n) is 4.42. The summed E-state index contributed by atoms with van der Waals surface area (Å²) in [5.41, 5.74) is 8.58. The number of rotatable bonds is 6. The minimum absolute atomic E-state index is 0.0229. The first-order valence-electron chi connectivity index (χ1n) is 10.6. The van der Waals surface area contributed by atoms with Crippen molar-refractivity contribution < 1.29 is 9.59 Å². The highest BCUT2D eigenvalue weighted by atomic mass is 32.1. The van der Waals surface area contributed by atoms with Gasteiger partial charge in [0.2, 0.25) is 17.8 Å². The van der Waals surface area contributed by atoms with Gasteiger partial charge in [-0.3, -0.25) is 9.59 Å². The van der Waals surface area contributed by atoms with E-state index in [-0.39, 0.29) is 18.4 Å². The molecular weight excluding hydrogens is 400 g/mol. The van der Waals surface area contributed by atoms with Gasteiger partial charge in [-0.25, -0.2) is 15.0 Å². The van der Waals surface area contributed by atoms with Gasteiger partial charge in [0.15, 0.2) is 0 Å². The monoisotopic (exact) mass is 428 g/mol. The molecule has 160 valence electrons. The molecule has 2 aromatic rings. The van der Waals surface area contributed by atoms with Gasteiger partial charge >= 0.3 is 0 Å². The molecule has 0 radical (unpaired) electrons. The van der Waals surface area contributed by atoms with Crippen molar-refractivity contribution in [1.29, 1.82) is 0 Å². The SMILES string of the molecule is CCN(CC)c1ncc2c(n1)-c1sc(CC(=O)N3C(C)CCC3C(N)=O)nc1CC2. The summed E-state index contributed by atoms with van der Waals surface area (Å²) in [5.74, 6) is 0.218. The number of hydrogen-bond acceptors (Lipinski definition) is 7. The van der Waals surface area contributed by atoms with E-state index in [1.807, 2.05) is 13.1 Å². The lowest BCUT2D eigenvalue weighted by atomic mass is 10.00. The van der Waals surface area contributed by atoms with Gasteiger partial charge in [-0.2, -0.15) is 0 Å². The molecule has 3 heterocycles. The van der Waals surface area contributed by atoms with Crippen LogP contribution < -0.4 is 10.6 Å². The number of carbonyl (C=O) groups excluding carboxylic acids is 2. The maximum atomic E-state index is 13.0. The summed E-state index contributed by atoms with van der Waals surface area (Å²) >= 11 is 1.53. The van der Waals surface area contributed by atoms with Crippen molar-refractivity contribution in [1.82, 2.24) is 19.9 Å². The molecule has 0 aromatic carbocycles. The van der Waals surface area contributed by atoms with Crippen LogP contribution in [0.3, 0.4) is 0 Å². The van der Waals surface area contributed by atoms with Crippen LogP contribution in [0.1, 0.15) is 49.9 Å². The van der Waals surface area contributed by atoms with E-state index in [9.17, 15) is 9.59 Å². The predicted molar refractivity (Wildman–Crippen MR) is 116 cm³/mol. The first-order chi connectivity index (χ1) is 14.4. The number of aryl methyl sites for hydroxylation is 2. The van der Waals surface area contributed by atoms with Crippen molar-refractivity contribution in [3.8, 4) is 10.6 Å². The Morgan fingerprint density at radius 2 is 2.00 bits per heavy atom. The van der Waals surface area contributed by atoms with Gasteiger partial charge in [0.05, 0.1) is 22.7 Å². The Hall–Kier alpha value is -2.55. The number of hydrogen-bond donors (Lipinski definition) is 1. The van der Waals surface area contributed by atoms with Gasteiger partial charge in [-0.05, 0) is 52.0 Å².